The van der Waals surface area contributed by atoms with Gasteiger partial charge in [0.1, 0.15) is 5.82 Å². The summed E-state index contributed by atoms with van der Waals surface area (Å²) >= 11 is 0. The van der Waals surface area contributed by atoms with Crippen LogP contribution in [-0.2, 0) is 11.3 Å². The Morgan fingerprint density at radius 3 is 2.55 bits per heavy atom. The van der Waals surface area contributed by atoms with Gasteiger partial charge in [-0.25, -0.2) is 22.5 Å². The first kappa shape index (κ1) is 23.6. The van der Waals surface area contributed by atoms with Gasteiger partial charge in [-0.3, -0.25) is 4.79 Å². The largest absolute Gasteiger partial charge is 0.380 e. The summed E-state index contributed by atoms with van der Waals surface area (Å²) < 4.78 is 54.7. The Morgan fingerprint density at radius 1 is 1.16 bits per heavy atom. The second-order valence-corrected chi connectivity index (χ2v) is 6.54. The molecule has 1 aromatic carbocycles. The average molecular weight is 439 g/mol. The number of hydrogen-bond donors (Lipinski definition) is 5. The second kappa shape index (κ2) is 10.9. The van der Waals surface area contributed by atoms with E-state index in [0.29, 0.717) is 6.07 Å². The standard InChI is InChI=1S/C19H21F4N7O/c1-10(2)28-16(31)9-25-6-11(5-24)29-19-27-8-15(22)18(30-19)26-7-12-13(20)3-4-14(21)17(12)23/h3-6,8,10,24-25H,7,9H2,1-2H3,(H,28,31)(H2,26,27,29,30)/b11-6+,24-5?. The summed E-state index contributed by atoms with van der Waals surface area (Å²) in [5, 5.41) is 17.8. The lowest BCUT2D eigenvalue weighted by Crippen LogP contribution is -2.36. The minimum absolute atomic E-state index is 0.0218. The van der Waals surface area contributed by atoms with E-state index in [2.05, 4.69) is 31.2 Å². The molecule has 0 spiro atoms. The highest BCUT2D eigenvalue weighted by atomic mass is 19.2. The molecule has 1 aromatic heterocycles. The Kier molecular flexibility index (Phi) is 8.29. The molecule has 2 aromatic rings. The number of benzene rings is 1. The first-order valence-corrected chi connectivity index (χ1v) is 9.10. The maximum absolute atomic E-state index is 14.0. The fraction of sp³-hybridized carbons (Fsp3) is 0.263. The van der Waals surface area contributed by atoms with Crippen molar-refractivity contribution in [1.29, 1.82) is 5.41 Å². The van der Waals surface area contributed by atoms with Gasteiger partial charge >= 0.3 is 0 Å². The molecule has 8 nitrogen and oxygen atoms in total. The van der Waals surface area contributed by atoms with E-state index in [1.807, 2.05) is 13.8 Å². The number of halogens is 4. The Bertz CT molecular complexity index is 982. The summed E-state index contributed by atoms with van der Waals surface area (Å²) in [4.78, 5) is 19.1. The van der Waals surface area contributed by atoms with Gasteiger partial charge in [-0.15, -0.1) is 0 Å². The number of allylic oxidation sites excluding steroid dienone is 1. The number of hydrogen-bond acceptors (Lipinski definition) is 7. The summed E-state index contributed by atoms with van der Waals surface area (Å²) in [5.41, 5.74) is -0.464. The number of aromatic nitrogens is 2. The van der Waals surface area contributed by atoms with Crippen LogP contribution in [0.25, 0.3) is 0 Å². The predicted octanol–water partition coefficient (Wildman–Crippen LogP) is 2.66. The molecule has 0 aliphatic heterocycles. The van der Waals surface area contributed by atoms with Crippen LogP contribution in [0.1, 0.15) is 19.4 Å². The molecule has 2 rings (SSSR count). The number of carbonyl (C=O) groups is 1. The van der Waals surface area contributed by atoms with Crippen molar-refractivity contribution in [2.75, 3.05) is 17.2 Å². The molecule has 166 valence electrons. The Hall–Kier alpha value is -3.70. The molecule has 0 aliphatic rings. The molecule has 1 heterocycles. The van der Waals surface area contributed by atoms with Crippen LogP contribution in [0.5, 0.6) is 0 Å². The highest BCUT2D eigenvalue weighted by Gasteiger charge is 2.15. The van der Waals surface area contributed by atoms with E-state index >= 15 is 0 Å². The molecule has 0 atom stereocenters. The number of nitrogens with zero attached hydrogens (tertiary/aromatic N) is 2. The van der Waals surface area contributed by atoms with E-state index in [4.69, 9.17) is 5.41 Å². The van der Waals surface area contributed by atoms with Gasteiger partial charge in [0, 0.05) is 30.6 Å². The van der Waals surface area contributed by atoms with Crippen LogP contribution < -0.4 is 21.3 Å². The molecule has 31 heavy (non-hydrogen) atoms. The number of carbonyl (C=O) groups excluding carboxylic acids is 1. The predicted molar refractivity (Wildman–Crippen MR) is 107 cm³/mol. The van der Waals surface area contributed by atoms with Crippen molar-refractivity contribution in [2.45, 2.75) is 26.4 Å². The fourth-order valence-corrected chi connectivity index (χ4v) is 2.32. The Morgan fingerprint density at radius 2 is 1.87 bits per heavy atom. The van der Waals surface area contributed by atoms with E-state index in [1.54, 1.807) is 0 Å². The molecular weight excluding hydrogens is 418 g/mol. The lowest BCUT2D eigenvalue weighted by molar-refractivity contribution is -0.120. The SMILES string of the molecule is CC(C)NC(=O)CN/C=C(\C=N)Nc1ncc(F)c(NCc2c(F)ccc(F)c2F)n1. The van der Waals surface area contributed by atoms with Crippen LogP contribution in [-0.4, -0.2) is 34.7 Å². The second-order valence-electron chi connectivity index (χ2n) is 6.54. The molecule has 0 saturated carbocycles. The zero-order valence-corrected chi connectivity index (χ0v) is 16.7. The summed E-state index contributed by atoms with van der Waals surface area (Å²) in [5.74, 6) is -5.31. The van der Waals surface area contributed by atoms with E-state index in [0.717, 1.165) is 18.5 Å². The van der Waals surface area contributed by atoms with Crippen LogP contribution in [0.2, 0.25) is 0 Å². The zero-order chi connectivity index (χ0) is 23.0. The average Bonchev–Trinajstić information content (AvgIpc) is 2.71. The van der Waals surface area contributed by atoms with E-state index in [1.165, 1.54) is 6.20 Å². The third-order valence-electron chi connectivity index (χ3n) is 3.70. The van der Waals surface area contributed by atoms with E-state index < -0.39 is 41.2 Å². The molecule has 0 saturated heterocycles. The van der Waals surface area contributed by atoms with Crippen molar-refractivity contribution >= 4 is 23.9 Å². The maximum atomic E-state index is 14.0. The monoisotopic (exact) mass is 439 g/mol. The van der Waals surface area contributed by atoms with Gasteiger partial charge in [0.05, 0.1) is 18.4 Å². The first-order valence-electron chi connectivity index (χ1n) is 9.10. The van der Waals surface area contributed by atoms with Crippen molar-refractivity contribution < 1.29 is 22.4 Å². The quantitative estimate of drug-likeness (QED) is 0.221. The Labute approximate surface area is 175 Å². The van der Waals surface area contributed by atoms with E-state index in [-0.39, 0.29) is 30.1 Å². The van der Waals surface area contributed by atoms with Crippen molar-refractivity contribution in [3.8, 4) is 0 Å². The summed E-state index contributed by atoms with van der Waals surface area (Å²) in [6.45, 7) is 3.02. The van der Waals surface area contributed by atoms with Crippen molar-refractivity contribution in [2.24, 2.45) is 0 Å². The van der Waals surface area contributed by atoms with Crippen LogP contribution in [0, 0.1) is 28.7 Å². The molecule has 0 radical (unpaired) electrons. The van der Waals surface area contributed by atoms with Crippen molar-refractivity contribution in [3.63, 3.8) is 0 Å². The Balaban J connectivity index is 2.06. The summed E-state index contributed by atoms with van der Waals surface area (Å²) in [6, 6.07) is 1.38. The normalized spacial score (nSPS) is 11.3. The molecular formula is C19H21F4N7O. The van der Waals surface area contributed by atoms with Crippen molar-refractivity contribution in [3.05, 3.63) is 59.1 Å². The van der Waals surface area contributed by atoms with Crippen molar-refractivity contribution in [1.82, 2.24) is 20.6 Å². The fourth-order valence-electron chi connectivity index (χ4n) is 2.32. The minimum atomic E-state index is -1.39. The highest BCUT2D eigenvalue weighted by molar-refractivity contribution is 5.81. The van der Waals surface area contributed by atoms with Gasteiger partial charge in [0.2, 0.25) is 11.9 Å². The summed E-state index contributed by atoms with van der Waals surface area (Å²) in [7, 11) is 0. The maximum Gasteiger partial charge on any atom is 0.239 e. The topological polar surface area (TPSA) is 115 Å². The molecule has 0 fully saturated rings. The van der Waals surface area contributed by atoms with Gasteiger partial charge in [0.15, 0.2) is 23.3 Å². The van der Waals surface area contributed by atoms with Gasteiger partial charge in [0.25, 0.3) is 0 Å². The highest BCUT2D eigenvalue weighted by Crippen LogP contribution is 2.19. The molecule has 0 unspecified atom stereocenters. The molecule has 5 N–H and O–H groups in total. The molecule has 0 bridgehead atoms. The van der Waals surface area contributed by atoms with Gasteiger partial charge < -0.3 is 26.7 Å². The van der Waals surface area contributed by atoms with Gasteiger partial charge in [-0.2, -0.15) is 4.98 Å². The van der Waals surface area contributed by atoms with Gasteiger partial charge in [-0.1, -0.05) is 0 Å². The molecule has 0 aliphatic carbocycles. The van der Waals surface area contributed by atoms with E-state index in [9.17, 15) is 22.4 Å². The lowest BCUT2D eigenvalue weighted by Gasteiger charge is -2.11. The number of amides is 1. The smallest absolute Gasteiger partial charge is 0.239 e. The number of rotatable bonds is 10. The van der Waals surface area contributed by atoms with Crippen LogP contribution in [0.3, 0.4) is 0 Å². The zero-order valence-electron chi connectivity index (χ0n) is 16.7. The van der Waals surface area contributed by atoms with Crippen LogP contribution >= 0.6 is 0 Å². The van der Waals surface area contributed by atoms with Crippen LogP contribution in [0.15, 0.2) is 30.2 Å². The number of anilines is 2. The van der Waals surface area contributed by atoms with Gasteiger partial charge in [-0.05, 0) is 26.0 Å². The minimum Gasteiger partial charge on any atom is -0.380 e. The molecule has 1 amide bonds. The summed E-state index contributed by atoms with van der Waals surface area (Å²) in [6.07, 6.45) is 3.04. The number of nitrogens with one attached hydrogen (secondary N) is 5. The molecule has 12 heteroatoms. The first-order chi connectivity index (χ1) is 14.7. The third-order valence-corrected chi connectivity index (χ3v) is 3.70. The third kappa shape index (κ3) is 6.94. The van der Waals surface area contributed by atoms with Crippen LogP contribution in [0.4, 0.5) is 29.3 Å². The lowest BCUT2D eigenvalue weighted by atomic mass is 10.2.